The van der Waals surface area contributed by atoms with Crippen LogP contribution in [0.25, 0.3) is 0 Å². The van der Waals surface area contributed by atoms with E-state index in [4.69, 9.17) is 5.11 Å². The van der Waals surface area contributed by atoms with Crippen molar-refractivity contribution in [2.75, 3.05) is 11.9 Å². The van der Waals surface area contributed by atoms with Gasteiger partial charge in [0.2, 0.25) is 0 Å². The molecule has 0 amide bonds. The molecule has 0 spiro atoms. The first-order chi connectivity index (χ1) is 8.97. The molecule has 0 bridgehead atoms. The van der Waals surface area contributed by atoms with Gasteiger partial charge in [-0.1, -0.05) is 0 Å². The Kier molecular flexibility index (Phi) is 3.55. The Bertz CT molecular complexity index is 604. The van der Waals surface area contributed by atoms with Crippen LogP contribution in [0.1, 0.15) is 21.5 Å². The first-order valence-electron chi connectivity index (χ1n) is 6.00. The topological polar surface area (TPSA) is 58.4 Å². The highest BCUT2D eigenvalue weighted by Gasteiger charge is 2.09. The maximum Gasteiger partial charge on any atom is 0.335 e. The third-order valence-electron chi connectivity index (χ3n) is 3.03. The summed E-state index contributed by atoms with van der Waals surface area (Å²) in [5.74, 6) is -0.899. The molecule has 0 aliphatic rings. The van der Waals surface area contributed by atoms with Crippen LogP contribution in [0.4, 0.5) is 5.69 Å². The number of carboxylic acid groups (broad SMARTS) is 1. The molecule has 100 valence electrons. The average molecular weight is 259 g/mol. The molecule has 2 aromatic rings. The average Bonchev–Trinajstić information content (AvgIpc) is 2.74. The van der Waals surface area contributed by atoms with Gasteiger partial charge in [-0.2, -0.15) is 5.10 Å². The van der Waals surface area contributed by atoms with Crippen molar-refractivity contribution in [3.8, 4) is 0 Å². The zero-order chi connectivity index (χ0) is 14.0. The second-order valence-electron chi connectivity index (χ2n) is 4.68. The normalized spacial score (nSPS) is 10.5. The monoisotopic (exact) mass is 259 g/mol. The summed E-state index contributed by atoms with van der Waals surface area (Å²) < 4.78 is 1.77. The summed E-state index contributed by atoms with van der Waals surface area (Å²) in [5.41, 5.74) is 3.41. The number of benzene rings is 1. The second kappa shape index (κ2) is 5.14. The van der Waals surface area contributed by atoms with E-state index in [1.165, 1.54) is 0 Å². The SMILES string of the molecule is Cc1cc(C(=O)O)ccc1N(C)Cc1cnn(C)c1. The minimum Gasteiger partial charge on any atom is -0.478 e. The van der Waals surface area contributed by atoms with E-state index >= 15 is 0 Å². The van der Waals surface area contributed by atoms with Gasteiger partial charge < -0.3 is 10.0 Å². The fourth-order valence-electron chi connectivity index (χ4n) is 2.13. The highest BCUT2D eigenvalue weighted by Crippen LogP contribution is 2.21. The summed E-state index contributed by atoms with van der Waals surface area (Å²) in [4.78, 5) is 13.0. The Labute approximate surface area is 112 Å². The van der Waals surface area contributed by atoms with Crippen LogP contribution in [0.5, 0.6) is 0 Å². The molecule has 0 saturated carbocycles. The van der Waals surface area contributed by atoms with Crippen molar-refractivity contribution in [1.82, 2.24) is 9.78 Å². The molecule has 5 nitrogen and oxygen atoms in total. The predicted molar refractivity (Wildman–Crippen MR) is 73.5 cm³/mol. The van der Waals surface area contributed by atoms with Gasteiger partial charge in [-0.25, -0.2) is 4.79 Å². The number of aromatic carboxylic acids is 1. The number of nitrogens with zero attached hydrogens (tertiary/aromatic N) is 3. The van der Waals surface area contributed by atoms with Crippen LogP contribution in [-0.4, -0.2) is 27.9 Å². The number of aryl methyl sites for hydroxylation is 2. The van der Waals surface area contributed by atoms with E-state index in [-0.39, 0.29) is 0 Å². The first-order valence-corrected chi connectivity index (χ1v) is 6.00. The maximum atomic E-state index is 10.9. The quantitative estimate of drug-likeness (QED) is 0.913. The van der Waals surface area contributed by atoms with Gasteiger partial charge >= 0.3 is 5.97 Å². The molecule has 0 unspecified atom stereocenters. The zero-order valence-corrected chi connectivity index (χ0v) is 11.3. The van der Waals surface area contributed by atoms with Crippen LogP contribution in [-0.2, 0) is 13.6 Å². The number of anilines is 1. The summed E-state index contributed by atoms with van der Waals surface area (Å²) >= 11 is 0. The van der Waals surface area contributed by atoms with Crippen LogP contribution >= 0.6 is 0 Å². The van der Waals surface area contributed by atoms with Gasteiger partial charge in [0.1, 0.15) is 0 Å². The number of hydrogen-bond donors (Lipinski definition) is 1. The third kappa shape index (κ3) is 2.93. The number of hydrogen-bond acceptors (Lipinski definition) is 3. The zero-order valence-electron chi connectivity index (χ0n) is 11.3. The van der Waals surface area contributed by atoms with Crippen LogP contribution in [0.3, 0.4) is 0 Å². The largest absolute Gasteiger partial charge is 0.478 e. The lowest BCUT2D eigenvalue weighted by atomic mass is 10.1. The number of aromatic nitrogens is 2. The first kappa shape index (κ1) is 13.1. The van der Waals surface area contributed by atoms with Gasteiger partial charge in [-0.05, 0) is 30.7 Å². The van der Waals surface area contributed by atoms with Gasteiger partial charge in [0.05, 0.1) is 11.8 Å². The van der Waals surface area contributed by atoms with E-state index in [0.29, 0.717) is 5.56 Å². The van der Waals surface area contributed by atoms with Crippen LogP contribution in [0.15, 0.2) is 30.6 Å². The number of carboxylic acids is 1. The van der Waals surface area contributed by atoms with E-state index in [0.717, 1.165) is 23.4 Å². The van der Waals surface area contributed by atoms with E-state index < -0.39 is 5.97 Å². The van der Waals surface area contributed by atoms with Gasteiger partial charge in [-0.3, -0.25) is 4.68 Å². The Morgan fingerprint density at radius 2 is 2.21 bits per heavy atom. The van der Waals surface area contributed by atoms with Crippen LogP contribution in [0.2, 0.25) is 0 Å². The molecule has 0 aliphatic carbocycles. The lowest BCUT2D eigenvalue weighted by Gasteiger charge is -2.21. The molecule has 2 rings (SSSR count). The van der Waals surface area contributed by atoms with Crippen LogP contribution < -0.4 is 4.90 Å². The highest BCUT2D eigenvalue weighted by molar-refractivity contribution is 5.88. The van der Waals surface area contributed by atoms with Crippen molar-refractivity contribution in [2.45, 2.75) is 13.5 Å². The summed E-state index contributed by atoms with van der Waals surface area (Å²) in [6, 6.07) is 5.16. The highest BCUT2D eigenvalue weighted by atomic mass is 16.4. The summed E-state index contributed by atoms with van der Waals surface area (Å²) in [6.07, 6.45) is 3.80. The lowest BCUT2D eigenvalue weighted by Crippen LogP contribution is -2.17. The summed E-state index contributed by atoms with van der Waals surface area (Å²) in [6.45, 7) is 2.66. The van der Waals surface area contributed by atoms with Crippen LogP contribution in [0, 0.1) is 6.92 Å². The molecule has 1 N–H and O–H groups in total. The summed E-state index contributed by atoms with van der Waals surface area (Å²) in [7, 11) is 3.87. The van der Waals surface area contributed by atoms with Gasteiger partial charge in [0, 0.05) is 38.1 Å². The molecule has 1 heterocycles. The lowest BCUT2D eigenvalue weighted by molar-refractivity contribution is 0.0697. The number of rotatable bonds is 4. The van der Waals surface area contributed by atoms with E-state index in [2.05, 4.69) is 10.00 Å². The minimum atomic E-state index is -0.899. The molecule has 19 heavy (non-hydrogen) atoms. The Morgan fingerprint density at radius 3 is 2.74 bits per heavy atom. The van der Waals surface area contributed by atoms with Gasteiger partial charge in [-0.15, -0.1) is 0 Å². The Balaban J connectivity index is 2.19. The van der Waals surface area contributed by atoms with E-state index in [1.807, 2.05) is 39.5 Å². The van der Waals surface area contributed by atoms with Crippen molar-refractivity contribution >= 4 is 11.7 Å². The minimum absolute atomic E-state index is 0.316. The molecule has 1 aromatic heterocycles. The molecule has 0 radical (unpaired) electrons. The van der Waals surface area contributed by atoms with Gasteiger partial charge in [0.25, 0.3) is 0 Å². The predicted octanol–water partition coefficient (Wildman–Crippen LogP) is 2.06. The van der Waals surface area contributed by atoms with E-state index in [1.54, 1.807) is 16.8 Å². The van der Waals surface area contributed by atoms with Crippen molar-refractivity contribution in [2.24, 2.45) is 7.05 Å². The Hall–Kier alpha value is -2.30. The van der Waals surface area contributed by atoms with Crippen molar-refractivity contribution in [1.29, 1.82) is 0 Å². The standard InChI is InChI=1S/C14H17N3O2/c1-10-6-12(14(18)19)4-5-13(10)16(2)8-11-7-15-17(3)9-11/h4-7,9H,8H2,1-3H3,(H,18,19). The molecule has 5 heteroatoms. The molecule has 0 saturated heterocycles. The molecular formula is C14H17N3O2. The Morgan fingerprint density at radius 1 is 1.47 bits per heavy atom. The van der Waals surface area contributed by atoms with Crippen molar-refractivity contribution in [3.63, 3.8) is 0 Å². The second-order valence-corrected chi connectivity index (χ2v) is 4.68. The van der Waals surface area contributed by atoms with Gasteiger partial charge in [0.15, 0.2) is 0 Å². The fraction of sp³-hybridized carbons (Fsp3) is 0.286. The van der Waals surface area contributed by atoms with Crippen molar-refractivity contribution < 1.29 is 9.90 Å². The number of carbonyl (C=O) groups is 1. The fourth-order valence-corrected chi connectivity index (χ4v) is 2.13. The molecule has 0 atom stereocenters. The molecule has 0 aliphatic heterocycles. The van der Waals surface area contributed by atoms with Crippen molar-refractivity contribution in [3.05, 3.63) is 47.3 Å². The van der Waals surface area contributed by atoms with E-state index in [9.17, 15) is 4.79 Å². The third-order valence-corrected chi connectivity index (χ3v) is 3.03. The maximum absolute atomic E-state index is 10.9. The summed E-state index contributed by atoms with van der Waals surface area (Å²) in [5, 5.41) is 13.1. The molecular weight excluding hydrogens is 242 g/mol. The molecule has 0 fully saturated rings. The smallest absolute Gasteiger partial charge is 0.335 e. The molecule has 1 aromatic carbocycles.